The summed E-state index contributed by atoms with van der Waals surface area (Å²) in [4.78, 5) is 34.1. The third-order valence-electron chi connectivity index (χ3n) is 6.83. The maximum Gasteiger partial charge on any atom is 0.230 e. The van der Waals surface area contributed by atoms with Crippen molar-refractivity contribution in [1.29, 1.82) is 0 Å². The second kappa shape index (κ2) is 6.16. The summed E-state index contributed by atoms with van der Waals surface area (Å²) in [6.45, 7) is 4.70. The van der Waals surface area contributed by atoms with E-state index >= 15 is 0 Å². The minimum absolute atomic E-state index is 0.0781. The predicted octanol–water partition coefficient (Wildman–Crippen LogP) is 1.59. The van der Waals surface area contributed by atoms with E-state index in [0.717, 1.165) is 25.9 Å². The van der Waals surface area contributed by atoms with Gasteiger partial charge in [0.25, 0.3) is 0 Å². The molecule has 4 atom stereocenters. The molecule has 4 aliphatic heterocycles. The number of ether oxygens (including phenoxy) is 1. The lowest BCUT2D eigenvalue weighted by Crippen LogP contribution is -2.48. The molecule has 1 spiro atoms. The molecular formula is C21H25N3O3. The van der Waals surface area contributed by atoms with Crippen LogP contribution in [0.3, 0.4) is 0 Å². The highest BCUT2D eigenvalue weighted by Gasteiger charge is 2.67. The normalized spacial score (nSPS) is 35.1. The Morgan fingerprint density at radius 3 is 2.74 bits per heavy atom. The lowest BCUT2D eigenvalue weighted by Gasteiger charge is -2.35. The summed E-state index contributed by atoms with van der Waals surface area (Å²) in [7, 11) is 0. The number of carbonyl (C=O) groups is 2. The van der Waals surface area contributed by atoms with Gasteiger partial charge in [-0.05, 0) is 43.4 Å². The summed E-state index contributed by atoms with van der Waals surface area (Å²) in [5, 5.41) is 0. The molecule has 1 aromatic rings. The first-order chi connectivity index (χ1) is 13.1. The zero-order valence-electron chi connectivity index (χ0n) is 15.6. The number of hydrogen-bond acceptors (Lipinski definition) is 4. The number of hydrogen-bond donors (Lipinski definition) is 0. The van der Waals surface area contributed by atoms with Gasteiger partial charge in [0.1, 0.15) is 5.60 Å². The van der Waals surface area contributed by atoms with Crippen molar-refractivity contribution in [1.82, 2.24) is 14.8 Å². The number of nitrogens with zero attached hydrogens (tertiary/aromatic N) is 3. The van der Waals surface area contributed by atoms with Crippen molar-refractivity contribution in [2.24, 2.45) is 11.8 Å². The minimum Gasteiger partial charge on any atom is -0.360 e. The Kier molecular flexibility index (Phi) is 3.86. The van der Waals surface area contributed by atoms with Gasteiger partial charge in [0.05, 0.1) is 24.5 Å². The molecule has 2 amide bonds. The average Bonchev–Trinajstić information content (AvgIpc) is 3.36. The van der Waals surface area contributed by atoms with Crippen LogP contribution in [0.4, 0.5) is 0 Å². The molecule has 27 heavy (non-hydrogen) atoms. The summed E-state index contributed by atoms with van der Waals surface area (Å²) >= 11 is 0. The highest BCUT2D eigenvalue weighted by molar-refractivity contribution is 5.93. The van der Waals surface area contributed by atoms with Crippen molar-refractivity contribution >= 4 is 11.8 Å². The molecule has 2 bridgehead atoms. The Hall–Kier alpha value is -2.21. The Morgan fingerprint density at radius 2 is 2.04 bits per heavy atom. The van der Waals surface area contributed by atoms with Gasteiger partial charge in [-0.25, -0.2) is 0 Å². The molecule has 5 rings (SSSR count). The number of amides is 2. The van der Waals surface area contributed by atoms with Gasteiger partial charge in [-0.15, -0.1) is 0 Å². The predicted molar refractivity (Wildman–Crippen MR) is 98.8 cm³/mol. The zero-order valence-corrected chi connectivity index (χ0v) is 15.6. The van der Waals surface area contributed by atoms with Gasteiger partial charge in [0, 0.05) is 32.0 Å². The van der Waals surface area contributed by atoms with Crippen LogP contribution in [-0.2, 0) is 14.3 Å². The second-order valence-corrected chi connectivity index (χ2v) is 8.13. The van der Waals surface area contributed by atoms with Crippen LogP contribution in [0.1, 0.15) is 31.2 Å². The van der Waals surface area contributed by atoms with Crippen molar-refractivity contribution in [3.63, 3.8) is 0 Å². The molecule has 3 fully saturated rings. The molecule has 142 valence electrons. The SMILES string of the molecule is CCN1C[C@@]23C=C[C@@H](O2)[C@@H](C(=O)N2CCC(c4ccncc4)CC2)[C@@H]3C1=O. The van der Waals surface area contributed by atoms with E-state index in [9.17, 15) is 9.59 Å². The molecule has 6 nitrogen and oxygen atoms in total. The molecule has 4 aliphatic rings. The van der Waals surface area contributed by atoms with Crippen molar-refractivity contribution in [2.75, 3.05) is 26.2 Å². The van der Waals surface area contributed by atoms with Gasteiger partial charge in [0.2, 0.25) is 11.8 Å². The first-order valence-corrected chi connectivity index (χ1v) is 9.97. The van der Waals surface area contributed by atoms with Crippen molar-refractivity contribution < 1.29 is 14.3 Å². The molecule has 0 N–H and O–H groups in total. The Bertz CT molecular complexity index is 787. The van der Waals surface area contributed by atoms with Crippen LogP contribution in [-0.4, -0.2) is 64.5 Å². The first kappa shape index (κ1) is 16.9. The number of piperidine rings is 1. The second-order valence-electron chi connectivity index (χ2n) is 8.13. The molecule has 0 aliphatic carbocycles. The van der Waals surface area contributed by atoms with Crippen LogP contribution in [0.25, 0.3) is 0 Å². The van der Waals surface area contributed by atoms with Crippen LogP contribution in [0, 0.1) is 11.8 Å². The standard InChI is InChI=1S/C21H25N3O3/c1-2-23-13-21-8-3-16(27-21)17(18(21)20(23)26)19(25)24-11-6-15(7-12-24)14-4-9-22-10-5-14/h3-5,8-10,15-18H,2,6-7,11-13H2,1H3/t16-,17-,18-,21-/m1/s1. The van der Waals surface area contributed by atoms with Crippen LogP contribution >= 0.6 is 0 Å². The average molecular weight is 367 g/mol. The van der Waals surface area contributed by atoms with E-state index < -0.39 is 5.60 Å². The van der Waals surface area contributed by atoms with E-state index in [1.807, 2.05) is 41.3 Å². The summed E-state index contributed by atoms with van der Waals surface area (Å²) < 4.78 is 6.17. The lowest BCUT2D eigenvalue weighted by molar-refractivity contribution is -0.144. The monoisotopic (exact) mass is 367 g/mol. The number of rotatable bonds is 3. The number of likely N-dealkylation sites (tertiary alicyclic amines) is 2. The minimum atomic E-state index is -0.576. The van der Waals surface area contributed by atoms with Crippen LogP contribution in [0.5, 0.6) is 0 Å². The fourth-order valence-electron chi connectivity index (χ4n) is 5.41. The number of carbonyl (C=O) groups excluding carboxylic acids is 2. The highest BCUT2D eigenvalue weighted by atomic mass is 16.5. The Labute approximate surface area is 159 Å². The smallest absolute Gasteiger partial charge is 0.230 e. The number of likely N-dealkylation sites (N-methyl/N-ethyl adjacent to an activating group) is 1. The quantitative estimate of drug-likeness (QED) is 0.761. The van der Waals surface area contributed by atoms with E-state index in [1.54, 1.807) is 0 Å². The molecule has 0 saturated carbocycles. The van der Waals surface area contributed by atoms with E-state index in [-0.39, 0.29) is 29.8 Å². The van der Waals surface area contributed by atoms with E-state index in [1.165, 1.54) is 5.56 Å². The van der Waals surface area contributed by atoms with Crippen LogP contribution in [0.15, 0.2) is 36.7 Å². The van der Waals surface area contributed by atoms with Gasteiger partial charge in [0.15, 0.2) is 0 Å². The summed E-state index contributed by atoms with van der Waals surface area (Å²) in [6.07, 6.45) is 9.34. The Balaban J connectivity index is 1.31. The van der Waals surface area contributed by atoms with Gasteiger partial charge < -0.3 is 14.5 Å². The maximum atomic E-state index is 13.3. The van der Waals surface area contributed by atoms with Crippen LogP contribution in [0.2, 0.25) is 0 Å². The van der Waals surface area contributed by atoms with Crippen molar-refractivity contribution in [3.8, 4) is 0 Å². The van der Waals surface area contributed by atoms with Gasteiger partial charge in [-0.1, -0.05) is 12.2 Å². The molecule has 3 saturated heterocycles. The molecule has 0 aromatic carbocycles. The van der Waals surface area contributed by atoms with Gasteiger partial charge in [-0.3, -0.25) is 14.6 Å². The summed E-state index contributed by atoms with van der Waals surface area (Å²) in [5.74, 6) is -0.0669. The van der Waals surface area contributed by atoms with Crippen molar-refractivity contribution in [2.45, 2.75) is 37.4 Å². The number of aromatic nitrogens is 1. The Morgan fingerprint density at radius 1 is 1.30 bits per heavy atom. The number of fused-ring (bicyclic) bond motifs is 1. The fourth-order valence-corrected chi connectivity index (χ4v) is 5.41. The van der Waals surface area contributed by atoms with E-state index in [2.05, 4.69) is 17.1 Å². The third kappa shape index (κ3) is 2.46. The molecule has 5 heterocycles. The largest absolute Gasteiger partial charge is 0.360 e. The molecule has 0 unspecified atom stereocenters. The van der Waals surface area contributed by atoms with Crippen molar-refractivity contribution in [3.05, 3.63) is 42.2 Å². The molecule has 0 radical (unpaired) electrons. The van der Waals surface area contributed by atoms with E-state index in [0.29, 0.717) is 19.0 Å². The topological polar surface area (TPSA) is 62.7 Å². The summed E-state index contributed by atoms with van der Waals surface area (Å²) in [5.41, 5.74) is 0.722. The first-order valence-electron chi connectivity index (χ1n) is 9.97. The summed E-state index contributed by atoms with van der Waals surface area (Å²) in [6, 6.07) is 4.13. The fraction of sp³-hybridized carbons (Fsp3) is 0.571. The van der Waals surface area contributed by atoms with E-state index in [4.69, 9.17) is 4.74 Å². The molecule has 6 heteroatoms. The van der Waals surface area contributed by atoms with Crippen LogP contribution < -0.4 is 0 Å². The molecule has 1 aromatic heterocycles. The van der Waals surface area contributed by atoms with Gasteiger partial charge in [-0.2, -0.15) is 0 Å². The third-order valence-corrected chi connectivity index (χ3v) is 6.83. The maximum absolute atomic E-state index is 13.3. The van der Waals surface area contributed by atoms with Gasteiger partial charge >= 0.3 is 0 Å². The zero-order chi connectivity index (χ0) is 18.6. The lowest BCUT2D eigenvalue weighted by atomic mass is 9.76. The highest BCUT2D eigenvalue weighted by Crippen LogP contribution is 2.52. The number of pyridine rings is 1. The molecular weight excluding hydrogens is 342 g/mol.